The van der Waals surface area contributed by atoms with E-state index in [4.69, 9.17) is 51.8 Å². The van der Waals surface area contributed by atoms with Crippen LogP contribution in [0.1, 0.15) is 15.9 Å². The number of rotatable bonds is 6. The number of ether oxygens (including phenoxy) is 1. The van der Waals surface area contributed by atoms with Gasteiger partial charge in [0, 0.05) is 49.0 Å². The minimum Gasteiger partial charge on any atom is -0.495 e. The lowest BCUT2D eigenvalue weighted by Crippen LogP contribution is -2.46. The van der Waals surface area contributed by atoms with Gasteiger partial charge in [-0.2, -0.15) is 0 Å². The molecular formula is C26H25Cl3N4O2S. The van der Waals surface area contributed by atoms with Crippen LogP contribution in [0.3, 0.4) is 0 Å². The van der Waals surface area contributed by atoms with Gasteiger partial charge < -0.3 is 15.0 Å². The first-order valence-electron chi connectivity index (χ1n) is 11.3. The molecule has 0 aromatic heterocycles. The normalized spacial score (nSPS) is 13.8. The fraction of sp³-hybridized carbons (Fsp3) is 0.231. The first kappa shape index (κ1) is 26.5. The summed E-state index contributed by atoms with van der Waals surface area (Å²) in [5.41, 5.74) is 3.15. The molecule has 0 unspecified atom stereocenters. The standard InChI is InChI=1S/C26H25Cl3N4O2S/c1-35-24-9-6-17(14-22(24)29)25(34)31-26(36)30-19-7-8-23(21(28)15-19)33-12-10-32(11-13-33)16-18-4-2-3-5-20(18)27/h2-9,14-15H,10-13,16H2,1H3,(H2,30,31,34,36). The maximum absolute atomic E-state index is 12.5. The molecule has 0 atom stereocenters. The third-order valence-corrected chi connectivity index (χ3v) is 7.08. The summed E-state index contributed by atoms with van der Waals surface area (Å²) < 4.78 is 5.11. The Labute approximate surface area is 231 Å². The molecule has 1 amide bonds. The van der Waals surface area contributed by atoms with Crippen molar-refractivity contribution < 1.29 is 9.53 Å². The first-order valence-corrected chi connectivity index (χ1v) is 12.8. The molecule has 0 bridgehead atoms. The Hall–Kier alpha value is -2.55. The molecule has 2 N–H and O–H groups in total. The van der Waals surface area contributed by atoms with Crippen molar-refractivity contribution in [2.24, 2.45) is 0 Å². The van der Waals surface area contributed by atoms with Crippen LogP contribution in [0, 0.1) is 0 Å². The number of carbonyl (C=O) groups excluding carboxylic acids is 1. The molecule has 36 heavy (non-hydrogen) atoms. The topological polar surface area (TPSA) is 56.8 Å². The van der Waals surface area contributed by atoms with Crippen LogP contribution in [0.5, 0.6) is 5.75 Å². The Morgan fingerprint density at radius 2 is 1.69 bits per heavy atom. The molecule has 0 radical (unpaired) electrons. The highest BCUT2D eigenvalue weighted by atomic mass is 35.5. The van der Waals surface area contributed by atoms with Crippen molar-refractivity contribution in [1.29, 1.82) is 0 Å². The zero-order chi connectivity index (χ0) is 25.7. The lowest BCUT2D eigenvalue weighted by Gasteiger charge is -2.36. The molecule has 1 saturated heterocycles. The summed E-state index contributed by atoms with van der Waals surface area (Å²) in [6.45, 7) is 4.36. The summed E-state index contributed by atoms with van der Waals surface area (Å²) in [5.74, 6) is 0.111. The van der Waals surface area contributed by atoms with Crippen molar-refractivity contribution in [2.75, 3.05) is 43.5 Å². The number of benzene rings is 3. The van der Waals surface area contributed by atoms with E-state index in [-0.39, 0.29) is 11.0 Å². The molecule has 4 rings (SSSR count). The van der Waals surface area contributed by atoms with E-state index in [0.717, 1.165) is 49.0 Å². The maximum atomic E-state index is 12.5. The van der Waals surface area contributed by atoms with E-state index in [1.165, 1.54) is 13.2 Å². The number of thiocarbonyl (C=S) groups is 1. The van der Waals surface area contributed by atoms with Crippen molar-refractivity contribution in [1.82, 2.24) is 10.2 Å². The minimum absolute atomic E-state index is 0.156. The molecule has 1 aliphatic rings. The van der Waals surface area contributed by atoms with E-state index < -0.39 is 0 Å². The number of nitrogens with one attached hydrogen (secondary N) is 2. The molecule has 0 aliphatic carbocycles. The average Bonchev–Trinajstić information content (AvgIpc) is 2.86. The van der Waals surface area contributed by atoms with E-state index in [9.17, 15) is 4.79 Å². The Kier molecular flexibility index (Phi) is 8.93. The Balaban J connectivity index is 1.31. The first-order chi connectivity index (χ1) is 17.3. The molecule has 188 valence electrons. The molecular weight excluding hydrogens is 539 g/mol. The largest absolute Gasteiger partial charge is 0.495 e. The lowest BCUT2D eigenvalue weighted by atomic mass is 10.2. The number of hydrogen-bond acceptors (Lipinski definition) is 5. The molecule has 1 heterocycles. The predicted octanol–water partition coefficient (Wildman–Crippen LogP) is 6.10. The average molecular weight is 564 g/mol. The zero-order valence-corrected chi connectivity index (χ0v) is 22.6. The van der Waals surface area contributed by atoms with Gasteiger partial charge in [-0.15, -0.1) is 0 Å². The molecule has 0 saturated carbocycles. The van der Waals surface area contributed by atoms with Gasteiger partial charge in [-0.3, -0.25) is 15.0 Å². The van der Waals surface area contributed by atoms with Crippen LogP contribution in [-0.2, 0) is 6.54 Å². The van der Waals surface area contributed by atoms with Crippen molar-refractivity contribution >= 4 is 69.4 Å². The van der Waals surface area contributed by atoms with E-state index in [0.29, 0.717) is 27.0 Å². The smallest absolute Gasteiger partial charge is 0.257 e. The minimum atomic E-state index is -0.380. The van der Waals surface area contributed by atoms with Crippen LogP contribution in [0.25, 0.3) is 0 Å². The highest BCUT2D eigenvalue weighted by molar-refractivity contribution is 7.80. The van der Waals surface area contributed by atoms with E-state index in [1.54, 1.807) is 18.2 Å². The monoisotopic (exact) mass is 562 g/mol. The molecule has 3 aromatic rings. The van der Waals surface area contributed by atoms with Crippen LogP contribution < -0.4 is 20.3 Å². The van der Waals surface area contributed by atoms with Crippen LogP contribution >= 0.6 is 47.0 Å². The molecule has 1 aliphatic heterocycles. The second kappa shape index (κ2) is 12.1. The fourth-order valence-corrected chi connectivity index (χ4v) is 4.96. The summed E-state index contributed by atoms with van der Waals surface area (Å²) in [7, 11) is 1.51. The summed E-state index contributed by atoms with van der Waals surface area (Å²) in [6, 6.07) is 18.4. The predicted molar refractivity (Wildman–Crippen MR) is 152 cm³/mol. The highest BCUT2D eigenvalue weighted by Gasteiger charge is 2.20. The number of nitrogens with zero attached hydrogens (tertiary/aromatic N) is 2. The second-order valence-electron chi connectivity index (χ2n) is 8.28. The van der Waals surface area contributed by atoms with E-state index in [1.807, 2.05) is 30.3 Å². The van der Waals surface area contributed by atoms with E-state index in [2.05, 4.69) is 26.5 Å². The van der Waals surface area contributed by atoms with Crippen LogP contribution in [0.2, 0.25) is 15.1 Å². The third kappa shape index (κ3) is 6.60. The van der Waals surface area contributed by atoms with Crippen molar-refractivity contribution in [3.8, 4) is 5.75 Å². The Morgan fingerprint density at radius 1 is 0.944 bits per heavy atom. The maximum Gasteiger partial charge on any atom is 0.257 e. The van der Waals surface area contributed by atoms with Gasteiger partial charge in [0.25, 0.3) is 5.91 Å². The number of carbonyl (C=O) groups is 1. The van der Waals surface area contributed by atoms with Gasteiger partial charge >= 0.3 is 0 Å². The molecule has 10 heteroatoms. The van der Waals surface area contributed by atoms with Gasteiger partial charge in [0.2, 0.25) is 0 Å². The summed E-state index contributed by atoms with van der Waals surface area (Å²) >= 11 is 24.3. The molecule has 0 spiro atoms. The Bertz CT molecular complexity index is 1270. The highest BCUT2D eigenvalue weighted by Crippen LogP contribution is 2.30. The SMILES string of the molecule is COc1ccc(C(=O)NC(=S)Nc2ccc(N3CCN(Cc4ccccc4Cl)CC3)c(Cl)c2)cc1Cl. The number of halogens is 3. The second-order valence-corrected chi connectivity index (χ2v) is 9.91. The number of piperazine rings is 1. The number of methoxy groups -OCH3 is 1. The van der Waals surface area contributed by atoms with Crippen molar-refractivity contribution in [2.45, 2.75) is 6.54 Å². The third-order valence-electron chi connectivity index (χ3n) is 5.91. The van der Waals surface area contributed by atoms with Crippen LogP contribution in [0.15, 0.2) is 60.7 Å². The molecule has 6 nitrogen and oxygen atoms in total. The lowest BCUT2D eigenvalue weighted by molar-refractivity contribution is 0.0977. The van der Waals surface area contributed by atoms with Crippen LogP contribution in [-0.4, -0.2) is 49.2 Å². The summed E-state index contributed by atoms with van der Waals surface area (Å²) in [5, 5.41) is 7.56. The van der Waals surface area contributed by atoms with Gasteiger partial charge in [-0.1, -0.05) is 53.0 Å². The zero-order valence-electron chi connectivity index (χ0n) is 19.6. The van der Waals surface area contributed by atoms with Gasteiger partial charge in [-0.05, 0) is 60.2 Å². The quantitative estimate of drug-likeness (QED) is 0.353. The number of amides is 1. The van der Waals surface area contributed by atoms with Crippen LogP contribution in [0.4, 0.5) is 11.4 Å². The van der Waals surface area contributed by atoms with E-state index >= 15 is 0 Å². The van der Waals surface area contributed by atoms with Gasteiger partial charge in [0.05, 0.1) is 22.8 Å². The Morgan fingerprint density at radius 3 is 2.36 bits per heavy atom. The summed E-state index contributed by atoms with van der Waals surface area (Å²) in [6.07, 6.45) is 0. The molecule has 1 fully saturated rings. The van der Waals surface area contributed by atoms with Gasteiger partial charge in [0.15, 0.2) is 5.11 Å². The number of hydrogen-bond donors (Lipinski definition) is 2. The summed E-state index contributed by atoms with van der Waals surface area (Å²) in [4.78, 5) is 17.2. The van der Waals surface area contributed by atoms with Gasteiger partial charge in [0.1, 0.15) is 5.75 Å². The molecule has 3 aromatic carbocycles. The van der Waals surface area contributed by atoms with Crippen molar-refractivity contribution in [3.63, 3.8) is 0 Å². The number of anilines is 2. The van der Waals surface area contributed by atoms with Crippen molar-refractivity contribution in [3.05, 3.63) is 86.9 Å². The van der Waals surface area contributed by atoms with Gasteiger partial charge in [-0.25, -0.2) is 0 Å². The fourth-order valence-electron chi connectivity index (χ4n) is 4.00.